The number of fused-ring (bicyclic) bond motifs is 1. The summed E-state index contributed by atoms with van der Waals surface area (Å²) >= 11 is 0. The highest BCUT2D eigenvalue weighted by atomic mass is 32.2. The predicted molar refractivity (Wildman–Crippen MR) is 96.0 cm³/mol. The minimum atomic E-state index is -4.33. The van der Waals surface area contributed by atoms with Crippen LogP contribution in [0.4, 0.5) is 11.4 Å². The molecule has 8 heteroatoms. The highest BCUT2D eigenvalue weighted by Crippen LogP contribution is 2.37. The van der Waals surface area contributed by atoms with Crippen LogP contribution >= 0.6 is 0 Å². The number of phenols is 1. The average molecular weight is 370 g/mol. The van der Waals surface area contributed by atoms with Crippen molar-refractivity contribution in [3.8, 4) is 5.75 Å². The zero-order valence-electron chi connectivity index (χ0n) is 13.6. The number of rotatable bonds is 4. The molecule has 0 aliphatic rings. The highest BCUT2D eigenvalue weighted by Gasteiger charge is 2.13. The number of carbonyl (C=O) groups excluding carboxylic acids is 1. The second kappa shape index (κ2) is 6.66. The third-order valence-corrected chi connectivity index (χ3v) is 4.63. The molecule has 0 aliphatic heterocycles. The number of hydrogen-bond donors (Lipinski definition) is 2. The molecule has 0 amide bonds. The Bertz CT molecular complexity index is 1140. The number of azo groups is 1. The van der Waals surface area contributed by atoms with Gasteiger partial charge in [-0.3, -0.25) is 9.35 Å². The number of Topliss-reactive ketones (excluding diaryl/α,β-unsaturated/α-hetero) is 1. The van der Waals surface area contributed by atoms with E-state index < -0.39 is 10.1 Å². The van der Waals surface area contributed by atoms with E-state index >= 15 is 0 Å². The van der Waals surface area contributed by atoms with Crippen molar-refractivity contribution in [1.29, 1.82) is 0 Å². The van der Waals surface area contributed by atoms with E-state index in [-0.39, 0.29) is 22.1 Å². The summed E-state index contributed by atoms with van der Waals surface area (Å²) in [4.78, 5) is 11.0. The molecule has 0 aromatic heterocycles. The lowest BCUT2D eigenvalue weighted by molar-refractivity contribution is 0.101. The summed E-state index contributed by atoms with van der Waals surface area (Å²) in [5, 5.41) is 19.1. The number of ketones is 1. The van der Waals surface area contributed by atoms with Crippen LogP contribution in [0.2, 0.25) is 0 Å². The van der Waals surface area contributed by atoms with Gasteiger partial charge in [0.25, 0.3) is 10.1 Å². The second-order valence-electron chi connectivity index (χ2n) is 5.59. The van der Waals surface area contributed by atoms with Gasteiger partial charge in [0, 0.05) is 10.9 Å². The fourth-order valence-corrected chi connectivity index (χ4v) is 2.93. The van der Waals surface area contributed by atoms with E-state index in [0.717, 1.165) is 0 Å². The van der Waals surface area contributed by atoms with E-state index in [1.165, 1.54) is 37.3 Å². The molecule has 0 fully saturated rings. The van der Waals surface area contributed by atoms with Crippen LogP contribution in [0.25, 0.3) is 10.8 Å². The molecule has 0 saturated carbocycles. The maximum absolute atomic E-state index is 11.3. The van der Waals surface area contributed by atoms with Gasteiger partial charge < -0.3 is 5.11 Å². The zero-order chi connectivity index (χ0) is 18.9. The van der Waals surface area contributed by atoms with Crippen LogP contribution in [-0.4, -0.2) is 23.9 Å². The number of benzene rings is 3. The van der Waals surface area contributed by atoms with E-state index in [1.54, 1.807) is 24.3 Å². The van der Waals surface area contributed by atoms with Crippen LogP contribution in [0.1, 0.15) is 17.3 Å². The van der Waals surface area contributed by atoms with Gasteiger partial charge in [-0.15, -0.1) is 5.11 Å². The van der Waals surface area contributed by atoms with Crippen LogP contribution < -0.4 is 0 Å². The van der Waals surface area contributed by atoms with Crippen molar-refractivity contribution < 1.29 is 22.9 Å². The summed E-state index contributed by atoms with van der Waals surface area (Å²) in [5.74, 6) is -0.184. The topological polar surface area (TPSA) is 116 Å². The lowest BCUT2D eigenvalue weighted by Crippen LogP contribution is -1.97. The van der Waals surface area contributed by atoms with Gasteiger partial charge in [-0.2, -0.15) is 13.5 Å². The molecule has 0 aliphatic carbocycles. The SMILES string of the molecule is CC(=O)c1ccc(N=Nc2c(O)ccc3cc(S(=O)(=O)O)ccc23)cc1. The van der Waals surface area contributed by atoms with Crippen LogP contribution in [0.3, 0.4) is 0 Å². The molecule has 0 spiro atoms. The maximum Gasteiger partial charge on any atom is 0.294 e. The molecule has 0 radical (unpaired) electrons. The fourth-order valence-electron chi connectivity index (χ4n) is 2.42. The van der Waals surface area contributed by atoms with E-state index in [0.29, 0.717) is 22.0 Å². The Labute approximate surface area is 149 Å². The fraction of sp³-hybridized carbons (Fsp3) is 0.0556. The van der Waals surface area contributed by atoms with Crippen molar-refractivity contribution in [3.63, 3.8) is 0 Å². The molecule has 0 saturated heterocycles. The summed E-state index contributed by atoms with van der Waals surface area (Å²) < 4.78 is 31.7. The third kappa shape index (κ3) is 3.61. The lowest BCUT2D eigenvalue weighted by Gasteiger charge is -2.05. The molecule has 3 rings (SSSR count). The smallest absolute Gasteiger partial charge is 0.294 e. The van der Waals surface area contributed by atoms with E-state index in [2.05, 4.69) is 10.2 Å². The van der Waals surface area contributed by atoms with Crippen LogP contribution in [-0.2, 0) is 10.1 Å². The van der Waals surface area contributed by atoms with Crippen molar-refractivity contribution >= 4 is 38.0 Å². The minimum absolute atomic E-state index is 0.0603. The summed E-state index contributed by atoms with van der Waals surface area (Å²) in [6, 6.07) is 13.3. The van der Waals surface area contributed by atoms with Gasteiger partial charge in [0.15, 0.2) is 5.78 Å². The Morgan fingerprint density at radius 3 is 2.27 bits per heavy atom. The molecule has 26 heavy (non-hydrogen) atoms. The molecular formula is C18H14N2O5S. The quantitative estimate of drug-likeness (QED) is 0.401. The number of carbonyl (C=O) groups is 1. The van der Waals surface area contributed by atoms with Gasteiger partial charge in [0.05, 0.1) is 10.6 Å². The normalized spacial score (nSPS) is 11.9. The van der Waals surface area contributed by atoms with Gasteiger partial charge in [0.2, 0.25) is 0 Å². The third-order valence-electron chi connectivity index (χ3n) is 3.78. The molecule has 3 aromatic carbocycles. The first-order valence-electron chi connectivity index (χ1n) is 7.52. The Morgan fingerprint density at radius 2 is 1.65 bits per heavy atom. The Kier molecular flexibility index (Phi) is 4.54. The van der Waals surface area contributed by atoms with Crippen molar-refractivity contribution in [1.82, 2.24) is 0 Å². The second-order valence-corrected chi connectivity index (χ2v) is 7.02. The molecule has 0 unspecified atom stereocenters. The van der Waals surface area contributed by atoms with Gasteiger partial charge in [-0.05, 0) is 54.8 Å². The lowest BCUT2D eigenvalue weighted by atomic mass is 10.1. The Hall–Kier alpha value is -3.10. The maximum atomic E-state index is 11.3. The zero-order valence-corrected chi connectivity index (χ0v) is 14.4. The highest BCUT2D eigenvalue weighted by molar-refractivity contribution is 7.85. The first-order chi connectivity index (χ1) is 12.3. The van der Waals surface area contributed by atoms with Gasteiger partial charge in [-0.1, -0.05) is 12.1 Å². The molecule has 7 nitrogen and oxygen atoms in total. The van der Waals surface area contributed by atoms with Crippen molar-refractivity contribution in [2.75, 3.05) is 0 Å². The van der Waals surface area contributed by atoms with Crippen LogP contribution in [0, 0.1) is 0 Å². The number of nitrogens with zero attached hydrogens (tertiary/aromatic N) is 2. The molecule has 0 atom stereocenters. The summed E-state index contributed by atoms with van der Waals surface area (Å²) in [7, 11) is -4.33. The standard InChI is InChI=1S/C18H14N2O5S/c1-11(21)12-2-5-14(6-3-12)19-20-18-16-8-7-15(26(23,24)25)10-13(16)4-9-17(18)22/h2-10,22H,1H3,(H,23,24,25). The van der Waals surface area contributed by atoms with Crippen LogP contribution in [0.5, 0.6) is 5.75 Å². The number of aromatic hydroxyl groups is 1. The molecule has 0 bridgehead atoms. The molecule has 0 heterocycles. The monoisotopic (exact) mass is 370 g/mol. The molecule has 3 aromatic rings. The predicted octanol–water partition coefficient (Wildman–Crippen LogP) is 4.41. The summed E-state index contributed by atoms with van der Waals surface area (Å²) in [6.45, 7) is 1.46. The van der Waals surface area contributed by atoms with E-state index in [1.807, 2.05) is 0 Å². The summed E-state index contributed by atoms with van der Waals surface area (Å²) in [5.41, 5.74) is 1.20. The van der Waals surface area contributed by atoms with Crippen molar-refractivity contribution in [3.05, 3.63) is 60.2 Å². The first kappa shape index (κ1) is 17.7. The van der Waals surface area contributed by atoms with E-state index in [9.17, 15) is 18.3 Å². The minimum Gasteiger partial charge on any atom is -0.506 e. The molecule has 2 N–H and O–H groups in total. The molecular weight excluding hydrogens is 356 g/mol. The largest absolute Gasteiger partial charge is 0.506 e. The average Bonchev–Trinajstić information content (AvgIpc) is 2.60. The van der Waals surface area contributed by atoms with E-state index in [4.69, 9.17) is 4.55 Å². The first-order valence-corrected chi connectivity index (χ1v) is 8.96. The van der Waals surface area contributed by atoms with Crippen molar-refractivity contribution in [2.45, 2.75) is 11.8 Å². The van der Waals surface area contributed by atoms with Gasteiger partial charge >= 0.3 is 0 Å². The van der Waals surface area contributed by atoms with Gasteiger partial charge in [0.1, 0.15) is 11.4 Å². The number of phenolic OH excluding ortho intramolecular Hbond substituents is 1. The van der Waals surface area contributed by atoms with Gasteiger partial charge in [-0.25, -0.2) is 0 Å². The summed E-state index contributed by atoms with van der Waals surface area (Å²) in [6.07, 6.45) is 0. The molecule has 132 valence electrons. The van der Waals surface area contributed by atoms with Crippen LogP contribution in [0.15, 0.2) is 69.7 Å². The Morgan fingerprint density at radius 1 is 0.962 bits per heavy atom. The van der Waals surface area contributed by atoms with Crippen molar-refractivity contribution in [2.24, 2.45) is 10.2 Å². The number of hydrogen-bond acceptors (Lipinski definition) is 6. The Balaban J connectivity index is 2.03.